The van der Waals surface area contributed by atoms with E-state index in [0.29, 0.717) is 11.3 Å². The van der Waals surface area contributed by atoms with E-state index in [4.69, 9.17) is 4.74 Å². The van der Waals surface area contributed by atoms with E-state index >= 15 is 0 Å². The van der Waals surface area contributed by atoms with Crippen molar-refractivity contribution < 1.29 is 9.84 Å². The number of para-hydroxylation sites is 1. The van der Waals surface area contributed by atoms with Gasteiger partial charge in [0.1, 0.15) is 0 Å². The van der Waals surface area contributed by atoms with Gasteiger partial charge in [-0.3, -0.25) is 4.99 Å². The summed E-state index contributed by atoms with van der Waals surface area (Å²) in [6.07, 6.45) is 1.64. The Balaban J connectivity index is 1.89. The Bertz CT molecular complexity index is 826. The van der Waals surface area contributed by atoms with Gasteiger partial charge in [-0.1, -0.05) is 48.5 Å². The highest BCUT2D eigenvalue weighted by Gasteiger charge is 2.05. The molecule has 0 saturated carbocycles. The second-order valence-corrected chi connectivity index (χ2v) is 5.07. The number of aliphatic imine (C=N–C) groups is 1. The van der Waals surface area contributed by atoms with Crippen molar-refractivity contribution >= 4 is 11.9 Å². The largest absolute Gasteiger partial charge is 0.504 e. The summed E-state index contributed by atoms with van der Waals surface area (Å²) in [5.41, 5.74) is 3.70. The number of methoxy groups -OCH3 is 1. The maximum Gasteiger partial charge on any atom is 0.166 e. The minimum atomic E-state index is 0.0953. The maximum absolute atomic E-state index is 10.1. The average Bonchev–Trinajstić information content (AvgIpc) is 2.62. The van der Waals surface area contributed by atoms with E-state index in [1.54, 1.807) is 18.3 Å². The van der Waals surface area contributed by atoms with E-state index in [-0.39, 0.29) is 5.75 Å². The molecule has 114 valence electrons. The minimum absolute atomic E-state index is 0.0953. The quantitative estimate of drug-likeness (QED) is 0.702. The number of hydrogen-bond donors (Lipinski definition) is 1. The van der Waals surface area contributed by atoms with Crippen LogP contribution in [0.1, 0.15) is 5.56 Å². The van der Waals surface area contributed by atoms with Crippen molar-refractivity contribution in [2.75, 3.05) is 7.11 Å². The fourth-order valence-electron chi connectivity index (χ4n) is 2.35. The van der Waals surface area contributed by atoms with Crippen molar-refractivity contribution in [3.05, 3.63) is 78.4 Å². The Morgan fingerprint density at radius 1 is 0.870 bits per heavy atom. The van der Waals surface area contributed by atoms with Crippen LogP contribution in [0.5, 0.6) is 11.5 Å². The van der Waals surface area contributed by atoms with Crippen LogP contribution < -0.4 is 4.74 Å². The molecule has 0 fully saturated rings. The van der Waals surface area contributed by atoms with Gasteiger partial charge in [-0.2, -0.15) is 0 Å². The van der Waals surface area contributed by atoms with E-state index in [1.165, 1.54) is 7.11 Å². The molecule has 0 bridgehead atoms. The van der Waals surface area contributed by atoms with Crippen LogP contribution in [0.25, 0.3) is 11.1 Å². The topological polar surface area (TPSA) is 41.8 Å². The van der Waals surface area contributed by atoms with E-state index in [9.17, 15) is 5.11 Å². The van der Waals surface area contributed by atoms with Crippen molar-refractivity contribution in [3.63, 3.8) is 0 Å². The van der Waals surface area contributed by atoms with Crippen molar-refractivity contribution in [3.8, 4) is 22.6 Å². The summed E-state index contributed by atoms with van der Waals surface area (Å²) in [5, 5.41) is 10.1. The standard InChI is InChI=1S/C20H17NO2/c1-23-19-12-6-10-17(20(19)22)14-21-18-11-5-9-16(13-18)15-7-3-2-4-8-15/h2-14,22H,1H3. The first-order valence-electron chi connectivity index (χ1n) is 7.33. The second-order valence-electron chi connectivity index (χ2n) is 5.07. The second kappa shape index (κ2) is 6.79. The zero-order valence-electron chi connectivity index (χ0n) is 12.8. The van der Waals surface area contributed by atoms with Crippen LogP contribution in [-0.4, -0.2) is 18.4 Å². The number of rotatable bonds is 4. The van der Waals surface area contributed by atoms with E-state index in [1.807, 2.05) is 42.5 Å². The summed E-state index contributed by atoms with van der Waals surface area (Å²) in [6.45, 7) is 0. The third-order valence-corrected chi connectivity index (χ3v) is 3.56. The van der Waals surface area contributed by atoms with Crippen LogP contribution in [0.2, 0.25) is 0 Å². The Kier molecular flexibility index (Phi) is 4.39. The van der Waals surface area contributed by atoms with Crippen molar-refractivity contribution in [1.82, 2.24) is 0 Å². The van der Waals surface area contributed by atoms with Gasteiger partial charge >= 0.3 is 0 Å². The van der Waals surface area contributed by atoms with Gasteiger partial charge in [-0.15, -0.1) is 0 Å². The smallest absolute Gasteiger partial charge is 0.166 e. The van der Waals surface area contributed by atoms with Gasteiger partial charge in [0, 0.05) is 11.8 Å². The molecule has 23 heavy (non-hydrogen) atoms. The molecule has 0 radical (unpaired) electrons. The molecule has 3 nitrogen and oxygen atoms in total. The third-order valence-electron chi connectivity index (χ3n) is 3.56. The predicted octanol–water partition coefficient (Wildman–Crippen LogP) is 4.82. The third kappa shape index (κ3) is 3.40. The predicted molar refractivity (Wildman–Crippen MR) is 93.8 cm³/mol. The van der Waals surface area contributed by atoms with Crippen LogP contribution in [-0.2, 0) is 0 Å². The van der Waals surface area contributed by atoms with Crippen molar-refractivity contribution in [1.29, 1.82) is 0 Å². The van der Waals surface area contributed by atoms with Gasteiger partial charge in [0.25, 0.3) is 0 Å². The monoisotopic (exact) mass is 303 g/mol. The fraction of sp³-hybridized carbons (Fsp3) is 0.0500. The zero-order valence-corrected chi connectivity index (χ0v) is 12.8. The SMILES string of the molecule is COc1cccc(C=Nc2cccc(-c3ccccc3)c2)c1O. The highest BCUT2D eigenvalue weighted by molar-refractivity contribution is 5.87. The lowest BCUT2D eigenvalue weighted by Crippen LogP contribution is -1.88. The van der Waals surface area contributed by atoms with Crippen LogP contribution in [0.4, 0.5) is 5.69 Å². The molecule has 3 aromatic rings. The van der Waals surface area contributed by atoms with E-state index in [2.05, 4.69) is 23.2 Å². The number of ether oxygens (including phenoxy) is 1. The van der Waals surface area contributed by atoms with Gasteiger partial charge in [-0.25, -0.2) is 0 Å². The Morgan fingerprint density at radius 2 is 1.61 bits per heavy atom. The Labute approximate surface area is 135 Å². The van der Waals surface area contributed by atoms with Crippen LogP contribution in [0.3, 0.4) is 0 Å². The average molecular weight is 303 g/mol. The maximum atomic E-state index is 10.1. The van der Waals surface area contributed by atoms with Gasteiger partial charge in [-0.05, 0) is 35.4 Å². The van der Waals surface area contributed by atoms with Crippen LogP contribution in [0, 0.1) is 0 Å². The number of benzene rings is 3. The molecule has 1 N–H and O–H groups in total. The van der Waals surface area contributed by atoms with Gasteiger partial charge in [0.15, 0.2) is 11.5 Å². The molecule has 3 rings (SSSR count). The number of hydrogen-bond acceptors (Lipinski definition) is 3. The summed E-state index contributed by atoms with van der Waals surface area (Å²) in [7, 11) is 1.53. The molecule has 0 aliphatic carbocycles. The van der Waals surface area contributed by atoms with Gasteiger partial charge in [0.2, 0.25) is 0 Å². The molecular formula is C20H17NO2. The highest BCUT2D eigenvalue weighted by atomic mass is 16.5. The summed E-state index contributed by atoms with van der Waals surface area (Å²) in [5.74, 6) is 0.532. The van der Waals surface area contributed by atoms with Crippen LogP contribution in [0.15, 0.2) is 77.8 Å². The normalized spacial score (nSPS) is 10.8. The number of nitrogens with zero attached hydrogens (tertiary/aromatic N) is 1. The number of aromatic hydroxyl groups is 1. The molecule has 0 aromatic heterocycles. The molecular weight excluding hydrogens is 286 g/mol. The molecule has 3 aromatic carbocycles. The summed E-state index contributed by atoms with van der Waals surface area (Å²) < 4.78 is 5.10. The van der Waals surface area contributed by atoms with Gasteiger partial charge < -0.3 is 9.84 Å². The molecule has 0 amide bonds. The Hall–Kier alpha value is -3.07. The fourth-order valence-corrected chi connectivity index (χ4v) is 2.35. The van der Waals surface area contributed by atoms with Crippen molar-refractivity contribution in [2.45, 2.75) is 0 Å². The van der Waals surface area contributed by atoms with E-state index in [0.717, 1.165) is 16.8 Å². The molecule has 0 atom stereocenters. The molecule has 0 aliphatic rings. The van der Waals surface area contributed by atoms with Gasteiger partial charge in [0.05, 0.1) is 12.8 Å². The summed E-state index contributed by atoms with van der Waals surface area (Å²) in [4.78, 5) is 4.46. The lowest BCUT2D eigenvalue weighted by atomic mass is 10.1. The van der Waals surface area contributed by atoms with Crippen molar-refractivity contribution in [2.24, 2.45) is 4.99 Å². The first kappa shape index (κ1) is 14.9. The molecule has 0 aliphatic heterocycles. The lowest BCUT2D eigenvalue weighted by molar-refractivity contribution is 0.373. The first-order chi connectivity index (χ1) is 11.3. The lowest BCUT2D eigenvalue weighted by Gasteiger charge is -2.05. The highest BCUT2D eigenvalue weighted by Crippen LogP contribution is 2.29. The van der Waals surface area contributed by atoms with Crippen LogP contribution >= 0.6 is 0 Å². The molecule has 0 saturated heterocycles. The number of phenols is 1. The van der Waals surface area contributed by atoms with E-state index < -0.39 is 0 Å². The number of phenolic OH excluding ortho intramolecular Hbond substituents is 1. The molecule has 0 spiro atoms. The molecule has 0 heterocycles. The first-order valence-corrected chi connectivity index (χ1v) is 7.33. The summed E-state index contributed by atoms with van der Waals surface area (Å²) >= 11 is 0. The summed E-state index contributed by atoms with van der Waals surface area (Å²) in [6, 6.07) is 23.5. The minimum Gasteiger partial charge on any atom is -0.504 e. The molecule has 3 heteroatoms. The zero-order chi connectivity index (χ0) is 16.1. The Morgan fingerprint density at radius 3 is 2.39 bits per heavy atom. The molecule has 0 unspecified atom stereocenters.